The first-order valence-corrected chi connectivity index (χ1v) is 7.97. The Kier molecular flexibility index (Phi) is 6.29. The van der Waals surface area contributed by atoms with Crippen LogP contribution in [0.3, 0.4) is 0 Å². The van der Waals surface area contributed by atoms with Crippen molar-refractivity contribution < 1.29 is 18.0 Å². The van der Waals surface area contributed by atoms with E-state index in [1.807, 2.05) is 31.2 Å². The zero-order valence-corrected chi connectivity index (χ0v) is 14.3. The molecule has 1 N–H and O–H groups in total. The molecule has 0 aliphatic heterocycles. The smallest absolute Gasteiger partial charge is 0.334 e. The van der Waals surface area contributed by atoms with Gasteiger partial charge in [0.25, 0.3) is 0 Å². The number of hydrogen-bond donors (Lipinski definition) is 1. The number of terminal acetylenes is 1. The normalized spacial score (nSPS) is 10.9. The second-order valence-corrected chi connectivity index (χ2v) is 5.90. The van der Waals surface area contributed by atoms with Gasteiger partial charge in [0.05, 0.1) is 12.1 Å². The fraction of sp³-hybridized carbons (Fsp3) is 0.250. The summed E-state index contributed by atoms with van der Waals surface area (Å²) in [7, 11) is 0. The van der Waals surface area contributed by atoms with Crippen LogP contribution in [-0.2, 0) is 19.3 Å². The van der Waals surface area contributed by atoms with Gasteiger partial charge in [-0.05, 0) is 30.2 Å². The number of rotatable bonds is 5. The molecule has 2 aromatic carbocycles. The Morgan fingerprint density at radius 2 is 1.85 bits per heavy atom. The van der Waals surface area contributed by atoms with E-state index in [0.717, 1.165) is 23.3 Å². The molecule has 0 saturated carbocycles. The standard InChI is InChI=1S/C20H19F3N2O/c1-3-11-25(14-16-9-7-15(2)8-10-16)19(26)24-13-17-5-4-6-18(12-17)20(21,22)23/h1,4-10,12H,11,13-14H2,2H3,(H,24,26). The second-order valence-electron chi connectivity index (χ2n) is 5.90. The van der Waals surface area contributed by atoms with E-state index in [2.05, 4.69) is 11.2 Å². The minimum atomic E-state index is -4.42. The highest BCUT2D eigenvalue weighted by Gasteiger charge is 2.30. The van der Waals surface area contributed by atoms with Crippen LogP contribution in [0.15, 0.2) is 48.5 Å². The number of halogens is 3. The number of aryl methyl sites for hydroxylation is 1. The molecule has 0 aromatic heterocycles. The first-order chi connectivity index (χ1) is 12.3. The van der Waals surface area contributed by atoms with Gasteiger partial charge in [0.1, 0.15) is 0 Å². The molecule has 2 rings (SSSR count). The predicted molar refractivity (Wildman–Crippen MR) is 94.1 cm³/mol. The van der Waals surface area contributed by atoms with Crippen molar-refractivity contribution in [2.75, 3.05) is 6.54 Å². The summed E-state index contributed by atoms with van der Waals surface area (Å²) >= 11 is 0. The van der Waals surface area contributed by atoms with Crippen molar-refractivity contribution in [3.05, 3.63) is 70.8 Å². The number of carbonyl (C=O) groups excluding carboxylic acids is 1. The van der Waals surface area contributed by atoms with Crippen LogP contribution in [0.4, 0.5) is 18.0 Å². The average molecular weight is 360 g/mol. The SMILES string of the molecule is C#CCN(Cc1ccc(C)cc1)C(=O)NCc1cccc(C(F)(F)F)c1. The average Bonchev–Trinajstić information content (AvgIpc) is 2.60. The molecule has 136 valence electrons. The van der Waals surface area contributed by atoms with Crippen LogP contribution in [0.1, 0.15) is 22.3 Å². The molecule has 0 aliphatic carbocycles. The third kappa shape index (κ3) is 5.55. The van der Waals surface area contributed by atoms with E-state index in [9.17, 15) is 18.0 Å². The molecule has 2 amide bonds. The molecule has 0 saturated heterocycles. The highest BCUT2D eigenvalue weighted by atomic mass is 19.4. The van der Waals surface area contributed by atoms with E-state index in [-0.39, 0.29) is 13.1 Å². The van der Waals surface area contributed by atoms with Gasteiger partial charge in [0, 0.05) is 13.1 Å². The number of alkyl halides is 3. The van der Waals surface area contributed by atoms with E-state index in [1.165, 1.54) is 17.0 Å². The lowest BCUT2D eigenvalue weighted by Crippen LogP contribution is -2.39. The molecular formula is C20H19F3N2O. The monoisotopic (exact) mass is 360 g/mol. The quantitative estimate of drug-likeness (QED) is 0.790. The first-order valence-electron chi connectivity index (χ1n) is 7.97. The van der Waals surface area contributed by atoms with E-state index < -0.39 is 17.8 Å². The van der Waals surface area contributed by atoms with Gasteiger partial charge in [-0.25, -0.2) is 4.79 Å². The maximum Gasteiger partial charge on any atom is 0.416 e. The molecule has 3 nitrogen and oxygen atoms in total. The summed E-state index contributed by atoms with van der Waals surface area (Å²) in [6.45, 7) is 2.36. The minimum absolute atomic E-state index is 0.0161. The highest BCUT2D eigenvalue weighted by molar-refractivity contribution is 5.74. The number of benzene rings is 2. The molecule has 0 bridgehead atoms. The van der Waals surface area contributed by atoms with E-state index in [0.29, 0.717) is 12.1 Å². The molecule has 2 aromatic rings. The number of carbonyl (C=O) groups is 1. The van der Waals surface area contributed by atoms with Gasteiger partial charge in [-0.3, -0.25) is 0 Å². The summed E-state index contributed by atoms with van der Waals surface area (Å²) in [5.41, 5.74) is 1.64. The molecule has 26 heavy (non-hydrogen) atoms. The van der Waals surface area contributed by atoms with Crippen LogP contribution < -0.4 is 5.32 Å². The summed E-state index contributed by atoms with van der Waals surface area (Å²) in [6.07, 6.45) is 0.908. The zero-order valence-electron chi connectivity index (χ0n) is 14.3. The molecule has 0 fully saturated rings. The van der Waals surface area contributed by atoms with E-state index in [4.69, 9.17) is 6.42 Å². The summed E-state index contributed by atoms with van der Waals surface area (Å²) in [5.74, 6) is 2.42. The van der Waals surface area contributed by atoms with Gasteiger partial charge in [-0.1, -0.05) is 47.9 Å². The summed E-state index contributed by atoms with van der Waals surface area (Å²) in [5, 5.41) is 2.62. The largest absolute Gasteiger partial charge is 0.416 e. The van der Waals surface area contributed by atoms with E-state index >= 15 is 0 Å². The van der Waals surface area contributed by atoms with Gasteiger partial charge in [0.15, 0.2) is 0 Å². The topological polar surface area (TPSA) is 32.3 Å². The number of nitrogens with one attached hydrogen (secondary N) is 1. The van der Waals surface area contributed by atoms with Crippen molar-refractivity contribution in [2.45, 2.75) is 26.2 Å². The maximum absolute atomic E-state index is 12.7. The molecule has 0 radical (unpaired) electrons. The van der Waals surface area contributed by atoms with Gasteiger partial charge < -0.3 is 10.2 Å². The molecular weight excluding hydrogens is 341 g/mol. The lowest BCUT2D eigenvalue weighted by Gasteiger charge is -2.21. The molecule has 0 atom stereocenters. The van der Waals surface area contributed by atoms with Gasteiger partial charge in [0.2, 0.25) is 0 Å². The Morgan fingerprint density at radius 3 is 2.46 bits per heavy atom. The van der Waals surface area contributed by atoms with Gasteiger partial charge in [-0.15, -0.1) is 6.42 Å². The lowest BCUT2D eigenvalue weighted by atomic mass is 10.1. The highest BCUT2D eigenvalue weighted by Crippen LogP contribution is 2.29. The Balaban J connectivity index is 2.01. The second kappa shape index (κ2) is 8.43. The van der Waals surface area contributed by atoms with Crippen LogP contribution in [0.5, 0.6) is 0 Å². The van der Waals surface area contributed by atoms with Crippen molar-refractivity contribution in [1.82, 2.24) is 10.2 Å². The molecule has 0 aliphatic rings. The molecule has 0 heterocycles. The zero-order chi connectivity index (χ0) is 19.2. The van der Waals surface area contributed by atoms with Crippen molar-refractivity contribution in [2.24, 2.45) is 0 Å². The van der Waals surface area contributed by atoms with Crippen LogP contribution in [-0.4, -0.2) is 17.5 Å². The number of nitrogens with zero attached hydrogens (tertiary/aromatic N) is 1. The van der Waals surface area contributed by atoms with Crippen LogP contribution >= 0.6 is 0 Å². The predicted octanol–water partition coefficient (Wildman–Crippen LogP) is 4.36. The Labute approximate surface area is 150 Å². The summed E-state index contributed by atoms with van der Waals surface area (Å²) < 4.78 is 38.2. The Bertz CT molecular complexity index is 792. The fourth-order valence-corrected chi connectivity index (χ4v) is 2.37. The van der Waals surface area contributed by atoms with Gasteiger partial charge in [-0.2, -0.15) is 13.2 Å². The third-order valence-electron chi connectivity index (χ3n) is 3.76. The lowest BCUT2D eigenvalue weighted by molar-refractivity contribution is -0.137. The van der Waals surface area contributed by atoms with Crippen molar-refractivity contribution in [1.29, 1.82) is 0 Å². The van der Waals surface area contributed by atoms with Crippen LogP contribution in [0, 0.1) is 19.3 Å². The van der Waals surface area contributed by atoms with Crippen LogP contribution in [0.2, 0.25) is 0 Å². The van der Waals surface area contributed by atoms with Crippen molar-refractivity contribution in [3.63, 3.8) is 0 Å². The Morgan fingerprint density at radius 1 is 1.15 bits per heavy atom. The maximum atomic E-state index is 12.7. The number of amides is 2. The molecule has 0 spiro atoms. The molecule has 0 unspecified atom stereocenters. The fourth-order valence-electron chi connectivity index (χ4n) is 2.37. The van der Waals surface area contributed by atoms with E-state index in [1.54, 1.807) is 0 Å². The van der Waals surface area contributed by atoms with Gasteiger partial charge >= 0.3 is 12.2 Å². The summed E-state index contributed by atoms with van der Waals surface area (Å²) in [6, 6.07) is 12.1. The first kappa shape index (κ1) is 19.4. The van der Waals surface area contributed by atoms with Crippen molar-refractivity contribution in [3.8, 4) is 12.3 Å². The van der Waals surface area contributed by atoms with Crippen molar-refractivity contribution >= 4 is 6.03 Å². The third-order valence-corrected chi connectivity index (χ3v) is 3.76. The minimum Gasteiger partial charge on any atom is -0.334 e. The molecule has 6 heteroatoms. The Hall–Kier alpha value is -2.94. The number of hydrogen-bond acceptors (Lipinski definition) is 1. The van der Waals surface area contributed by atoms with Crippen LogP contribution in [0.25, 0.3) is 0 Å². The summed E-state index contributed by atoms with van der Waals surface area (Å²) in [4.78, 5) is 13.8. The number of urea groups is 1.